The Morgan fingerprint density at radius 2 is 1.87 bits per heavy atom. The SMILES string of the molecule is Cc1cc(C)n(-c2nc3cc(Cl)ccc3c(=O)n2OCC(=O)OCc2ccccc2)n1. The number of hydrogen-bond donors (Lipinski definition) is 0. The lowest BCUT2D eigenvalue weighted by Gasteiger charge is -2.14. The van der Waals surface area contributed by atoms with E-state index in [2.05, 4.69) is 10.1 Å². The highest BCUT2D eigenvalue weighted by molar-refractivity contribution is 6.31. The zero-order valence-electron chi connectivity index (χ0n) is 16.9. The number of carbonyl (C=O) groups excluding carboxylic acids is 1. The topological polar surface area (TPSA) is 88.2 Å². The second kappa shape index (κ2) is 8.61. The van der Waals surface area contributed by atoms with Crippen molar-refractivity contribution >= 4 is 28.5 Å². The fourth-order valence-corrected chi connectivity index (χ4v) is 3.28. The smallest absolute Gasteiger partial charge is 0.347 e. The Labute approximate surface area is 182 Å². The molecule has 2 heterocycles. The number of nitrogens with zero attached hydrogens (tertiary/aromatic N) is 4. The summed E-state index contributed by atoms with van der Waals surface area (Å²) in [5.74, 6) is -0.507. The largest absolute Gasteiger partial charge is 0.458 e. The number of halogens is 1. The molecule has 4 aromatic rings. The zero-order chi connectivity index (χ0) is 22.0. The van der Waals surface area contributed by atoms with Crippen molar-refractivity contribution in [3.63, 3.8) is 0 Å². The van der Waals surface area contributed by atoms with Crippen molar-refractivity contribution in [1.29, 1.82) is 0 Å². The van der Waals surface area contributed by atoms with Crippen molar-refractivity contribution in [2.24, 2.45) is 0 Å². The molecule has 0 aliphatic heterocycles. The number of aryl methyl sites for hydroxylation is 2. The van der Waals surface area contributed by atoms with E-state index >= 15 is 0 Å². The van der Waals surface area contributed by atoms with Crippen molar-refractivity contribution in [3.8, 4) is 5.95 Å². The van der Waals surface area contributed by atoms with Gasteiger partial charge in [-0.15, -0.1) is 4.73 Å². The summed E-state index contributed by atoms with van der Waals surface area (Å²) in [7, 11) is 0. The molecule has 0 atom stereocenters. The summed E-state index contributed by atoms with van der Waals surface area (Å²) >= 11 is 6.07. The number of ether oxygens (including phenoxy) is 1. The van der Waals surface area contributed by atoms with Crippen LogP contribution >= 0.6 is 11.6 Å². The maximum absolute atomic E-state index is 13.1. The van der Waals surface area contributed by atoms with Crippen LogP contribution in [-0.4, -0.2) is 32.1 Å². The highest BCUT2D eigenvalue weighted by Gasteiger charge is 2.18. The summed E-state index contributed by atoms with van der Waals surface area (Å²) in [5, 5.41) is 5.12. The lowest BCUT2D eigenvalue weighted by molar-refractivity contribution is -0.150. The Bertz CT molecular complexity index is 1310. The Morgan fingerprint density at radius 3 is 2.58 bits per heavy atom. The van der Waals surface area contributed by atoms with Gasteiger partial charge in [0.25, 0.3) is 11.5 Å². The van der Waals surface area contributed by atoms with Crippen LogP contribution in [0.4, 0.5) is 0 Å². The molecule has 2 aromatic heterocycles. The van der Waals surface area contributed by atoms with Crippen molar-refractivity contribution in [2.45, 2.75) is 20.5 Å². The predicted molar refractivity (Wildman–Crippen MR) is 115 cm³/mol. The molecule has 0 aliphatic rings. The summed E-state index contributed by atoms with van der Waals surface area (Å²) in [5.41, 5.74) is 2.24. The van der Waals surface area contributed by atoms with Crippen LogP contribution < -0.4 is 10.4 Å². The number of hydrogen-bond acceptors (Lipinski definition) is 6. The van der Waals surface area contributed by atoms with E-state index in [-0.39, 0.29) is 12.6 Å². The fourth-order valence-electron chi connectivity index (χ4n) is 3.11. The minimum Gasteiger partial charge on any atom is -0.458 e. The minimum atomic E-state index is -0.619. The van der Waals surface area contributed by atoms with Crippen molar-refractivity contribution in [2.75, 3.05) is 6.61 Å². The van der Waals surface area contributed by atoms with Gasteiger partial charge >= 0.3 is 5.97 Å². The zero-order valence-corrected chi connectivity index (χ0v) is 17.7. The molecule has 0 radical (unpaired) electrons. The molecule has 9 heteroatoms. The van der Waals surface area contributed by atoms with E-state index < -0.39 is 18.1 Å². The number of rotatable bonds is 6. The van der Waals surface area contributed by atoms with Gasteiger partial charge in [0, 0.05) is 10.7 Å². The number of carbonyl (C=O) groups is 1. The maximum atomic E-state index is 13.1. The third-order valence-corrected chi connectivity index (χ3v) is 4.77. The summed E-state index contributed by atoms with van der Waals surface area (Å²) in [6.45, 7) is 3.29. The van der Waals surface area contributed by atoms with E-state index in [1.165, 1.54) is 4.68 Å². The van der Waals surface area contributed by atoms with Gasteiger partial charge in [-0.25, -0.2) is 14.5 Å². The van der Waals surface area contributed by atoms with Gasteiger partial charge in [0.05, 0.1) is 16.6 Å². The molecular weight excluding hydrogens is 420 g/mol. The third kappa shape index (κ3) is 4.44. The molecule has 0 amide bonds. The van der Waals surface area contributed by atoms with Gasteiger partial charge in [0.1, 0.15) is 6.61 Å². The molecule has 0 aliphatic carbocycles. The lowest BCUT2D eigenvalue weighted by Crippen LogP contribution is -2.35. The maximum Gasteiger partial charge on any atom is 0.347 e. The highest BCUT2D eigenvalue weighted by Crippen LogP contribution is 2.17. The molecule has 0 saturated carbocycles. The quantitative estimate of drug-likeness (QED) is 0.430. The molecule has 0 N–H and O–H groups in total. The van der Waals surface area contributed by atoms with E-state index in [1.807, 2.05) is 50.2 Å². The molecule has 0 unspecified atom stereocenters. The average Bonchev–Trinajstić information content (AvgIpc) is 3.09. The molecule has 158 valence electrons. The Hall–Kier alpha value is -3.65. The van der Waals surface area contributed by atoms with Crippen LogP contribution in [0.25, 0.3) is 16.9 Å². The monoisotopic (exact) mass is 438 g/mol. The first-order valence-corrected chi connectivity index (χ1v) is 9.89. The second-order valence-corrected chi connectivity index (χ2v) is 7.37. The average molecular weight is 439 g/mol. The van der Waals surface area contributed by atoms with E-state index in [0.717, 1.165) is 21.7 Å². The van der Waals surface area contributed by atoms with E-state index in [9.17, 15) is 9.59 Å². The minimum absolute atomic E-state index is 0.108. The molecule has 0 spiro atoms. The molecule has 0 bridgehead atoms. The Kier molecular flexibility index (Phi) is 5.73. The summed E-state index contributed by atoms with van der Waals surface area (Å²) in [6, 6.07) is 15.9. The highest BCUT2D eigenvalue weighted by atomic mass is 35.5. The van der Waals surface area contributed by atoms with Gasteiger partial charge in [-0.2, -0.15) is 5.10 Å². The van der Waals surface area contributed by atoms with Crippen LogP contribution in [0, 0.1) is 13.8 Å². The fraction of sp³-hybridized carbons (Fsp3) is 0.182. The number of aromatic nitrogens is 4. The van der Waals surface area contributed by atoms with Crippen LogP contribution in [0.3, 0.4) is 0 Å². The first-order chi connectivity index (χ1) is 14.9. The van der Waals surface area contributed by atoms with Crippen molar-refractivity contribution < 1.29 is 14.4 Å². The van der Waals surface area contributed by atoms with Gasteiger partial charge in [0.2, 0.25) is 6.61 Å². The van der Waals surface area contributed by atoms with Crippen molar-refractivity contribution in [3.05, 3.63) is 86.9 Å². The summed E-state index contributed by atoms with van der Waals surface area (Å²) in [6.07, 6.45) is 0. The number of esters is 1. The standard InChI is InChI=1S/C22H19ClN4O4/c1-14-10-15(2)26(25-14)22-24-19-11-17(23)8-9-18(19)21(29)27(22)31-13-20(28)30-12-16-6-4-3-5-7-16/h3-11H,12-13H2,1-2H3. The van der Waals surface area contributed by atoms with E-state index in [1.54, 1.807) is 18.2 Å². The Morgan fingerprint density at radius 1 is 1.10 bits per heavy atom. The lowest BCUT2D eigenvalue weighted by atomic mass is 10.2. The van der Waals surface area contributed by atoms with Gasteiger partial charge < -0.3 is 9.57 Å². The first kappa shape index (κ1) is 20.6. The van der Waals surface area contributed by atoms with Crippen molar-refractivity contribution in [1.82, 2.24) is 19.5 Å². The molecule has 8 nitrogen and oxygen atoms in total. The third-order valence-electron chi connectivity index (χ3n) is 4.53. The van der Waals surface area contributed by atoms with Gasteiger partial charge in [0.15, 0.2) is 0 Å². The molecule has 4 rings (SSSR count). The second-order valence-electron chi connectivity index (χ2n) is 6.93. The van der Waals surface area contributed by atoms with E-state index in [4.69, 9.17) is 21.2 Å². The van der Waals surface area contributed by atoms with Gasteiger partial charge in [-0.05, 0) is 43.7 Å². The number of fused-ring (bicyclic) bond motifs is 1. The van der Waals surface area contributed by atoms with Gasteiger partial charge in [-0.3, -0.25) is 4.79 Å². The summed E-state index contributed by atoms with van der Waals surface area (Å²) < 4.78 is 7.66. The molecular formula is C22H19ClN4O4. The Balaban J connectivity index is 1.65. The normalized spacial score (nSPS) is 10.9. The molecule has 0 fully saturated rings. The molecule has 31 heavy (non-hydrogen) atoms. The van der Waals surface area contributed by atoms with Crippen LogP contribution in [0.2, 0.25) is 5.02 Å². The predicted octanol–water partition coefficient (Wildman–Crippen LogP) is 3.02. The molecule has 0 saturated heterocycles. The first-order valence-electron chi connectivity index (χ1n) is 9.51. The van der Waals surface area contributed by atoms with Crippen LogP contribution in [0.15, 0.2) is 59.4 Å². The van der Waals surface area contributed by atoms with Crippen LogP contribution in [-0.2, 0) is 16.1 Å². The van der Waals surface area contributed by atoms with E-state index in [0.29, 0.717) is 15.9 Å². The van der Waals surface area contributed by atoms with Gasteiger partial charge in [-0.1, -0.05) is 41.9 Å². The van der Waals surface area contributed by atoms with Crippen LogP contribution in [0.5, 0.6) is 0 Å². The number of benzene rings is 2. The molecule has 2 aromatic carbocycles. The van der Waals surface area contributed by atoms with Crippen LogP contribution in [0.1, 0.15) is 17.0 Å². The summed E-state index contributed by atoms with van der Waals surface area (Å²) in [4.78, 5) is 35.4.